The summed E-state index contributed by atoms with van der Waals surface area (Å²) in [5.74, 6) is -0.705. The average Bonchev–Trinajstić information content (AvgIpc) is 2.81. The molecule has 1 atom stereocenters. The number of benzene rings is 1. The van der Waals surface area contributed by atoms with Crippen molar-refractivity contribution in [1.29, 1.82) is 0 Å². The molecule has 1 N–H and O–H groups in total. The van der Waals surface area contributed by atoms with Gasteiger partial charge in [-0.2, -0.15) is 0 Å². The molecular weight excluding hydrogens is 264 g/mol. The second-order valence-electron chi connectivity index (χ2n) is 6.65. The smallest absolute Gasteiger partial charge is 0.317 e. The minimum atomic E-state index is -0.705. The van der Waals surface area contributed by atoms with Gasteiger partial charge in [0, 0.05) is 19.6 Å². The number of piperidine rings is 1. The Bertz CT molecular complexity index is 491. The van der Waals surface area contributed by atoms with E-state index >= 15 is 0 Å². The van der Waals surface area contributed by atoms with Crippen LogP contribution in [0.25, 0.3) is 0 Å². The van der Waals surface area contributed by atoms with E-state index in [-0.39, 0.29) is 6.54 Å². The van der Waals surface area contributed by atoms with Crippen molar-refractivity contribution in [2.24, 2.45) is 5.41 Å². The van der Waals surface area contributed by atoms with Gasteiger partial charge >= 0.3 is 5.97 Å². The highest BCUT2D eigenvalue weighted by atomic mass is 16.4. The van der Waals surface area contributed by atoms with E-state index in [4.69, 9.17) is 5.11 Å². The van der Waals surface area contributed by atoms with Crippen LogP contribution in [0.15, 0.2) is 30.3 Å². The number of rotatable bonds is 4. The Hall–Kier alpha value is -1.39. The number of carboxylic acids is 1. The van der Waals surface area contributed by atoms with Crippen LogP contribution in [0.2, 0.25) is 0 Å². The second kappa shape index (κ2) is 6.16. The molecule has 114 valence electrons. The molecule has 0 bridgehead atoms. The van der Waals surface area contributed by atoms with Gasteiger partial charge in [0.15, 0.2) is 0 Å². The molecule has 0 aliphatic carbocycles. The first-order valence-corrected chi connectivity index (χ1v) is 7.86. The quantitative estimate of drug-likeness (QED) is 0.921. The molecular formula is C17H24N2O2. The van der Waals surface area contributed by atoms with E-state index in [0.29, 0.717) is 5.41 Å². The van der Waals surface area contributed by atoms with Crippen LogP contribution in [0.5, 0.6) is 0 Å². The zero-order valence-corrected chi connectivity index (χ0v) is 12.5. The van der Waals surface area contributed by atoms with Crippen molar-refractivity contribution < 1.29 is 9.90 Å². The van der Waals surface area contributed by atoms with Crippen molar-refractivity contribution in [2.45, 2.75) is 25.8 Å². The van der Waals surface area contributed by atoms with Crippen LogP contribution in [-0.2, 0) is 11.3 Å². The van der Waals surface area contributed by atoms with E-state index in [1.54, 1.807) is 0 Å². The largest absolute Gasteiger partial charge is 0.480 e. The van der Waals surface area contributed by atoms with Gasteiger partial charge in [0.1, 0.15) is 0 Å². The number of aliphatic carboxylic acids is 1. The zero-order chi connectivity index (χ0) is 14.7. The Morgan fingerprint density at radius 3 is 2.62 bits per heavy atom. The van der Waals surface area contributed by atoms with Crippen LogP contribution in [0.4, 0.5) is 0 Å². The standard InChI is InChI=1S/C17H24N2O2/c20-16(21)12-19-10-8-17(14-19)7-4-9-18(13-17)11-15-5-2-1-3-6-15/h1-3,5-6H,4,7-14H2,(H,20,21). The normalized spacial score (nSPS) is 27.2. The van der Waals surface area contributed by atoms with E-state index in [9.17, 15) is 4.79 Å². The summed E-state index contributed by atoms with van der Waals surface area (Å²) >= 11 is 0. The van der Waals surface area contributed by atoms with Crippen LogP contribution >= 0.6 is 0 Å². The van der Waals surface area contributed by atoms with Gasteiger partial charge in [-0.15, -0.1) is 0 Å². The van der Waals surface area contributed by atoms with Gasteiger partial charge in [-0.25, -0.2) is 0 Å². The summed E-state index contributed by atoms with van der Waals surface area (Å²) in [4.78, 5) is 15.5. The van der Waals surface area contributed by atoms with Crippen molar-refractivity contribution in [3.8, 4) is 0 Å². The number of carbonyl (C=O) groups is 1. The zero-order valence-electron chi connectivity index (χ0n) is 12.5. The lowest BCUT2D eigenvalue weighted by molar-refractivity contribution is -0.138. The van der Waals surface area contributed by atoms with Gasteiger partial charge in [0.25, 0.3) is 0 Å². The number of hydrogen-bond acceptors (Lipinski definition) is 3. The molecule has 4 heteroatoms. The molecule has 3 rings (SSSR count). The molecule has 0 aromatic heterocycles. The number of likely N-dealkylation sites (tertiary alicyclic amines) is 2. The first-order chi connectivity index (χ1) is 10.2. The van der Waals surface area contributed by atoms with Crippen LogP contribution in [0.3, 0.4) is 0 Å². The second-order valence-corrected chi connectivity index (χ2v) is 6.65. The summed E-state index contributed by atoms with van der Waals surface area (Å²) in [6.45, 7) is 5.37. The Morgan fingerprint density at radius 2 is 1.86 bits per heavy atom. The Kier molecular flexibility index (Phi) is 4.27. The van der Waals surface area contributed by atoms with E-state index in [1.165, 1.54) is 18.4 Å². The minimum Gasteiger partial charge on any atom is -0.480 e. The maximum atomic E-state index is 10.9. The van der Waals surface area contributed by atoms with Crippen LogP contribution in [-0.4, -0.2) is 53.6 Å². The number of nitrogens with zero attached hydrogens (tertiary/aromatic N) is 2. The fourth-order valence-electron chi connectivity index (χ4n) is 3.97. The fraction of sp³-hybridized carbons (Fsp3) is 0.588. The van der Waals surface area contributed by atoms with Gasteiger partial charge < -0.3 is 5.11 Å². The summed E-state index contributed by atoms with van der Waals surface area (Å²) in [5, 5.41) is 8.96. The Labute approximate surface area is 126 Å². The van der Waals surface area contributed by atoms with Crippen LogP contribution < -0.4 is 0 Å². The molecule has 0 amide bonds. The molecule has 2 heterocycles. The van der Waals surface area contributed by atoms with Crippen LogP contribution in [0, 0.1) is 5.41 Å². The summed E-state index contributed by atoms with van der Waals surface area (Å²) in [6, 6.07) is 10.6. The van der Waals surface area contributed by atoms with Crippen LogP contribution in [0.1, 0.15) is 24.8 Å². The van der Waals surface area contributed by atoms with Crippen molar-refractivity contribution in [2.75, 3.05) is 32.7 Å². The molecule has 1 aromatic rings. The molecule has 2 saturated heterocycles. The Balaban J connectivity index is 1.60. The highest BCUT2D eigenvalue weighted by molar-refractivity contribution is 5.69. The molecule has 0 saturated carbocycles. The van der Waals surface area contributed by atoms with Gasteiger partial charge in [-0.1, -0.05) is 30.3 Å². The maximum Gasteiger partial charge on any atom is 0.317 e. The van der Waals surface area contributed by atoms with Crippen molar-refractivity contribution in [1.82, 2.24) is 9.80 Å². The topological polar surface area (TPSA) is 43.8 Å². The van der Waals surface area contributed by atoms with E-state index in [1.807, 2.05) is 0 Å². The third-order valence-electron chi connectivity index (χ3n) is 4.87. The minimum absolute atomic E-state index is 0.195. The van der Waals surface area contributed by atoms with Gasteiger partial charge in [0.05, 0.1) is 6.54 Å². The number of hydrogen-bond donors (Lipinski definition) is 1. The van der Waals surface area contributed by atoms with Crippen molar-refractivity contribution >= 4 is 5.97 Å². The lowest BCUT2D eigenvalue weighted by atomic mass is 9.79. The summed E-state index contributed by atoms with van der Waals surface area (Å²) in [6.07, 6.45) is 3.62. The molecule has 2 aliphatic rings. The fourth-order valence-corrected chi connectivity index (χ4v) is 3.97. The Morgan fingerprint density at radius 1 is 1.10 bits per heavy atom. The molecule has 2 aliphatic heterocycles. The van der Waals surface area contributed by atoms with E-state index in [0.717, 1.165) is 39.1 Å². The lowest BCUT2D eigenvalue weighted by Crippen LogP contribution is -2.44. The molecule has 1 aromatic carbocycles. The molecule has 21 heavy (non-hydrogen) atoms. The first kappa shape index (κ1) is 14.5. The molecule has 0 radical (unpaired) electrons. The highest BCUT2D eigenvalue weighted by Gasteiger charge is 2.41. The molecule has 1 unspecified atom stereocenters. The monoisotopic (exact) mass is 288 g/mol. The highest BCUT2D eigenvalue weighted by Crippen LogP contribution is 2.39. The summed E-state index contributed by atoms with van der Waals surface area (Å²) in [5.41, 5.74) is 1.69. The SMILES string of the molecule is O=C(O)CN1CCC2(CCCN(Cc3ccccc3)C2)C1. The van der Waals surface area contributed by atoms with E-state index in [2.05, 4.69) is 40.1 Å². The first-order valence-electron chi connectivity index (χ1n) is 7.86. The molecule has 2 fully saturated rings. The van der Waals surface area contributed by atoms with Crippen molar-refractivity contribution in [3.63, 3.8) is 0 Å². The maximum absolute atomic E-state index is 10.9. The van der Waals surface area contributed by atoms with Gasteiger partial charge in [0.2, 0.25) is 0 Å². The molecule has 1 spiro atoms. The molecule has 4 nitrogen and oxygen atoms in total. The predicted molar refractivity (Wildman–Crippen MR) is 82.1 cm³/mol. The van der Waals surface area contributed by atoms with Crippen molar-refractivity contribution in [3.05, 3.63) is 35.9 Å². The predicted octanol–water partition coefficient (Wildman–Crippen LogP) is 2.06. The third kappa shape index (κ3) is 3.63. The average molecular weight is 288 g/mol. The summed E-state index contributed by atoms with van der Waals surface area (Å²) < 4.78 is 0. The summed E-state index contributed by atoms with van der Waals surface area (Å²) in [7, 11) is 0. The third-order valence-corrected chi connectivity index (χ3v) is 4.87. The lowest BCUT2D eigenvalue weighted by Gasteiger charge is -2.40. The van der Waals surface area contributed by atoms with Gasteiger partial charge in [-0.3, -0.25) is 14.6 Å². The van der Waals surface area contributed by atoms with Gasteiger partial charge in [-0.05, 0) is 43.3 Å². The number of carboxylic acid groups (broad SMARTS) is 1. The van der Waals surface area contributed by atoms with E-state index < -0.39 is 5.97 Å².